The Kier molecular flexibility index (Phi) is 49.3. The first-order valence-electron chi connectivity index (χ1n) is 0.494. The van der Waals surface area contributed by atoms with Gasteiger partial charge in [0.2, 0.25) is 0 Å². The van der Waals surface area contributed by atoms with E-state index in [4.69, 9.17) is 9.90 Å². The first-order valence-corrected chi connectivity index (χ1v) is 0.494. The maximum absolute atomic E-state index is 8.36. The van der Waals surface area contributed by atoms with Gasteiger partial charge >= 0.3 is 120 Å². The molecular formula is CH4CsKO2. The fourth-order valence-electron chi connectivity index (χ4n) is 0. The summed E-state index contributed by atoms with van der Waals surface area (Å²) < 4.78 is 0. The van der Waals surface area contributed by atoms with Crippen molar-refractivity contribution in [3.05, 3.63) is 0 Å². The molecule has 2 nitrogen and oxygen atoms in total. The Bertz CT molecular complexity index is 23.2. The molecule has 0 rings (SSSR count). The second-order valence-corrected chi connectivity index (χ2v) is 0.105. The van der Waals surface area contributed by atoms with Crippen LogP contribution < -0.4 is 120 Å². The van der Waals surface area contributed by atoms with E-state index in [1.54, 1.807) is 0 Å². The zero-order valence-electron chi connectivity index (χ0n) is 5.43. The number of rotatable bonds is 0. The molecule has 0 aliphatic heterocycles. The molecular weight excluding hydrogens is 216 g/mol. The van der Waals surface area contributed by atoms with E-state index in [2.05, 4.69) is 0 Å². The summed E-state index contributed by atoms with van der Waals surface area (Å²) in [5.74, 6) is 0. The molecule has 0 amide bonds. The minimum atomic E-state index is -0.250. The van der Waals surface area contributed by atoms with Crippen molar-refractivity contribution in [3.8, 4) is 0 Å². The molecule has 0 unspecified atom stereocenters. The van der Waals surface area contributed by atoms with Crippen LogP contribution in [0.1, 0.15) is 2.85 Å². The smallest absolute Gasteiger partial charge is 1.00 e. The second kappa shape index (κ2) is 15.7. The maximum Gasteiger partial charge on any atom is 1.00 e. The Hall–Kier alpha value is 3.16. The Labute approximate surface area is 135 Å². The molecule has 22 valence electrons. The van der Waals surface area contributed by atoms with Gasteiger partial charge in [-0.15, -0.1) is 0 Å². The van der Waals surface area contributed by atoms with Gasteiger partial charge in [0.25, 0.3) is 6.47 Å². The number of hydrogen-bond donors (Lipinski definition) is 1. The molecule has 0 aromatic carbocycles. The summed E-state index contributed by atoms with van der Waals surface area (Å²) in [6.45, 7) is -0.250. The molecule has 0 aliphatic carbocycles. The third-order valence-electron chi connectivity index (χ3n) is 0. The van der Waals surface area contributed by atoms with Crippen molar-refractivity contribution in [1.82, 2.24) is 0 Å². The van der Waals surface area contributed by atoms with Crippen molar-refractivity contribution in [1.29, 1.82) is 0 Å². The van der Waals surface area contributed by atoms with Crippen molar-refractivity contribution in [2.45, 2.75) is 0 Å². The summed E-state index contributed by atoms with van der Waals surface area (Å²) in [7, 11) is 0. The third-order valence-corrected chi connectivity index (χ3v) is 0. The van der Waals surface area contributed by atoms with Gasteiger partial charge in [-0.3, -0.25) is 4.79 Å². The fourth-order valence-corrected chi connectivity index (χ4v) is 0. The van der Waals surface area contributed by atoms with Crippen LogP contribution in [0.4, 0.5) is 0 Å². The van der Waals surface area contributed by atoms with Crippen LogP contribution >= 0.6 is 0 Å². The molecule has 5 heavy (non-hydrogen) atoms. The van der Waals surface area contributed by atoms with Gasteiger partial charge < -0.3 is 7.96 Å². The van der Waals surface area contributed by atoms with Gasteiger partial charge in [0.1, 0.15) is 0 Å². The second-order valence-electron chi connectivity index (χ2n) is 0.105. The Balaban J connectivity index is -0.00000000333. The number of carbonyl (C=O) groups is 1. The fraction of sp³-hybridized carbons (Fsp3) is 0. The molecule has 0 saturated heterocycles. The predicted molar refractivity (Wildman–Crippen MR) is 10.9 cm³/mol. The third kappa shape index (κ3) is 19.1. The van der Waals surface area contributed by atoms with Gasteiger partial charge in [0.15, 0.2) is 0 Å². The molecule has 0 heterocycles. The van der Waals surface area contributed by atoms with E-state index in [0.29, 0.717) is 0 Å². The molecule has 1 N–H and O–H groups in total. The standard InChI is InChI=1S/CH2O2.Cs.K.2H/c2-1-3;;;;/h1H,(H,2,3);;;;/q;2*+1;2*-1. The van der Waals surface area contributed by atoms with E-state index >= 15 is 0 Å². The maximum atomic E-state index is 8.36. The van der Waals surface area contributed by atoms with Gasteiger partial charge in [-0.1, -0.05) is 0 Å². The van der Waals surface area contributed by atoms with Crippen LogP contribution in [0.5, 0.6) is 0 Å². The topological polar surface area (TPSA) is 37.3 Å². The first kappa shape index (κ1) is 15.7. The molecule has 0 radical (unpaired) electrons. The largest absolute Gasteiger partial charge is 1.00 e. The minimum absolute atomic E-state index is 0. The Morgan fingerprint density at radius 3 is 1.80 bits per heavy atom. The van der Waals surface area contributed by atoms with Crippen LogP contribution in [-0.2, 0) is 4.79 Å². The number of carboxylic acid groups (broad SMARTS) is 1. The van der Waals surface area contributed by atoms with Crippen molar-refractivity contribution in [2.24, 2.45) is 0 Å². The average Bonchev–Trinajstić information content (AvgIpc) is 0.918. The van der Waals surface area contributed by atoms with E-state index in [0.717, 1.165) is 0 Å². The SMILES string of the molecule is O=CO.[Cs+].[H-].[H-].[K+]. The molecule has 0 spiro atoms. The summed E-state index contributed by atoms with van der Waals surface area (Å²) in [5, 5.41) is 6.89. The summed E-state index contributed by atoms with van der Waals surface area (Å²) in [4.78, 5) is 8.36. The van der Waals surface area contributed by atoms with Gasteiger partial charge in [-0.05, 0) is 0 Å². The normalized spacial score (nSPS) is 2.40. The summed E-state index contributed by atoms with van der Waals surface area (Å²) in [5.41, 5.74) is 0. The first-order chi connectivity index (χ1) is 1.41. The van der Waals surface area contributed by atoms with E-state index in [-0.39, 0.29) is 130 Å². The van der Waals surface area contributed by atoms with Crippen molar-refractivity contribution >= 4 is 6.47 Å². The van der Waals surface area contributed by atoms with Crippen LogP contribution in [0, 0.1) is 0 Å². The minimum Gasteiger partial charge on any atom is -1.00 e. The Morgan fingerprint density at radius 2 is 1.80 bits per heavy atom. The zero-order chi connectivity index (χ0) is 2.71. The van der Waals surface area contributed by atoms with E-state index in [1.165, 1.54) is 0 Å². The van der Waals surface area contributed by atoms with Crippen LogP contribution in [0.2, 0.25) is 0 Å². The number of hydrogen-bond acceptors (Lipinski definition) is 1. The van der Waals surface area contributed by atoms with Crippen LogP contribution in [0.25, 0.3) is 0 Å². The zero-order valence-corrected chi connectivity index (χ0v) is 12.8. The summed E-state index contributed by atoms with van der Waals surface area (Å²) in [6.07, 6.45) is 0. The van der Waals surface area contributed by atoms with Gasteiger partial charge in [-0.2, -0.15) is 0 Å². The van der Waals surface area contributed by atoms with Gasteiger partial charge in [-0.25, -0.2) is 0 Å². The Morgan fingerprint density at radius 1 is 1.80 bits per heavy atom. The van der Waals surface area contributed by atoms with Crippen LogP contribution in [-0.4, -0.2) is 11.6 Å². The molecule has 0 saturated carbocycles. The van der Waals surface area contributed by atoms with Crippen molar-refractivity contribution in [3.63, 3.8) is 0 Å². The molecule has 0 aliphatic rings. The van der Waals surface area contributed by atoms with Crippen LogP contribution in [0.3, 0.4) is 0 Å². The summed E-state index contributed by atoms with van der Waals surface area (Å²) in [6, 6.07) is 0. The predicted octanol–water partition coefficient (Wildman–Crippen LogP) is -6.07. The molecule has 4 heteroatoms. The average molecular weight is 220 g/mol. The van der Waals surface area contributed by atoms with E-state index in [9.17, 15) is 0 Å². The summed E-state index contributed by atoms with van der Waals surface area (Å²) >= 11 is 0. The quantitative estimate of drug-likeness (QED) is 0.326. The van der Waals surface area contributed by atoms with Crippen LogP contribution in [0.15, 0.2) is 0 Å². The molecule has 0 bridgehead atoms. The molecule has 0 fully saturated rings. The van der Waals surface area contributed by atoms with Gasteiger partial charge in [0.05, 0.1) is 0 Å². The molecule has 0 aromatic heterocycles. The molecule has 0 aromatic rings. The van der Waals surface area contributed by atoms with Crippen molar-refractivity contribution < 1.29 is 133 Å². The van der Waals surface area contributed by atoms with E-state index < -0.39 is 0 Å². The van der Waals surface area contributed by atoms with E-state index in [1.807, 2.05) is 0 Å². The van der Waals surface area contributed by atoms with Gasteiger partial charge in [0, 0.05) is 0 Å². The van der Waals surface area contributed by atoms with Crippen molar-refractivity contribution in [2.75, 3.05) is 0 Å². The monoisotopic (exact) mass is 220 g/mol. The molecule has 0 atom stereocenters.